The minimum atomic E-state index is -0.489. The summed E-state index contributed by atoms with van der Waals surface area (Å²) in [5.41, 5.74) is 2.07. The standard InChI is InChI=1S/C18H17BrN2O3S/c1-3-23-17(22)15-10(2)20-18(25)21-16(15)14-9-8-13(24-14)11-4-6-12(19)7-5-11/h4-9,16H,3H2,1-2H3,(H2,20,21,25)/t16-/m1/s1. The third-order valence-corrected chi connectivity index (χ3v) is 4.55. The molecule has 1 atom stereocenters. The van der Waals surface area contributed by atoms with Crippen molar-refractivity contribution < 1.29 is 13.9 Å². The molecule has 0 spiro atoms. The zero-order chi connectivity index (χ0) is 18.0. The summed E-state index contributed by atoms with van der Waals surface area (Å²) in [5.74, 6) is 0.924. The Bertz CT molecular complexity index is 842. The molecule has 0 saturated carbocycles. The van der Waals surface area contributed by atoms with Crippen molar-refractivity contribution in [2.75, 3.05) is 6.61 Å². The van der Waals surface area contributed by atoms with E-state index in [4.69, 9.17) is 21.4 Å². The van der Waals surface area contributed by atoms with E-state index in [0.717, 1.165) is 15.8 Å². The molecule has 0 unspecified atom stereocenters. The fraction of sp³-hybridized carbons (Fsp3) is 0.222. The van der Waals surface area contributed by atoms with Gasteiger partial charge in [0, 0.05) is 15.7 Å². The summed E-state index contributed by atoms with van der Waals surface area (Å²) in [6.45, 7) is 3.87. The van der Waals surface area contributed by atoms with Crippen molar-refractivity contribution >= 4 is 39.2 Å². The van der Waals surface area contributed by atoms with E-state index in [0.29, 0.717) is 28.7 Å². The van der Waals surface area contributed by atoms with Crippen LogP contribution in [-0.2, 0) is 9.53 Å². The largest absolute Gasteiger partial charge is 0.463 e. The van der Waals surface area contributed by atoms with Crippen LogP contribution in [0, 0.1) is 0 Å². The fourth-order valence-corrected chi connectivity index (χ4v) is 3.20. The Morgan fingerprint density at radius 1 is 1.28 bits per heavy atom. The van der Waals surface area contributed by atoms with E-state index < -0.39 is 12.0 Å². The number of carbonyl (C=O) groups is 1. The highest BCUT2D eigenvalue weighted by atomic mass is 79.9. The smallest absolute Gasteiger partial charge is 0.338 e. The van der Waals surface area contributed by atoms with Crippen LogP contribution in [0.1, 0.15) is 25.6 Å². The third kappa shape index (κ3) is 3.77. The molecular formula is C18H17BrN2O3S. The monoisotopic (exact) mass is 420 g/mol. The van der Waals surface area contributed by atoms with Crippen LogP contribution in [0.15, 0.2) is 56.6 Å². The molecule has 7 heteroatoms. The molecule has 2 N–H and O–H groups in total. The Kier molecular flexibility index (Phi) is 5.24. The van der Waals surface area contributed by atoms with Crippen LogP contribution in [0.3, 0.4) is 0 Å². The van der Waals surface area contributed by atoms with Crippen molar-refractivity contribution in [1.82, 2.24) is 10.6 Å². The van der Waals surface area contributed by atoms with Gasteiger partial charge in [-0.1, -0.05) is 28.1 Å². The first-order valence-corrected chi connectivity index (χ1v) is 9.00. The van der Waals surface area contributed by atoms with Gasteiger partial charge in [-0.2, -0.15) is 0 Å². The molecule has 2 aromatic rings. The van der Waals surface area contributed by atoms with Gasteiger partial charge in [-0.3, -0.25) is 0 Å². The summed E-state index contributed by atoms with van der Waals surface area (Å²) in [6, 6.07) is 11.0. The molecule has 1 aromatic carbocycles. The van der Waals surface area contributed by atoms with Crippen LogP contribution in [0.25, 0.3) is 11.3 Å². The van der Waals surface area contributed by atoms with Gasteiger partial charge < -0.3 is 19.8 Å². The van der Waals surface area contributed by atoms with E-state index in [1.54, 1.807) is 13.8 Å². The fourth-order valence-electron chi connectivity index (χ4n) is 2.66. The van der Waals surface area contributed by atoms with Crippen LogP contribution in [0.5, 0.6) is 0 Å². The lowest BCUT2D eigenvalue weighted by Gasteiger charge is -2.28. The number of carbonyl (C=O) groups excluding carboxylic acids is 1. The van der Waals surface area contributed by atoms with Crippen molar-refractivity contribution in [2.24, 2.45) is 0 Å². The number of furan rings is 1. The van der Waals surface area contributed by atoms with Gasteiger partial charge in [0.05, 0.1) is 12.2 Å². The van der Waals surface area contributed by atoms with Crippen molar-refractivity contribution in [3.8, 4) is 11.3 Å². The van der Waals surface area contributed by atoms with E-state index in [1.807, 2.05) is 36.4 Å². The highest BCUT2D eigenvalue weighted by Crippen LogP contribution is 2.32. The normalized spacial score (nSPS) is 17.1. The number of esters is 1. The number of thiocarbonyl (C=S) groups is 1. The van der Waals surface area contributed by atoms with Gasteiger partial charge in [-0.25, -0.2) is 4.79 Å². The van der Waals surface area contributed by atoms with E-state index in [9.17, 15) is 4.79 Å². The zero-order valence-electron chi connectivity index (χ0n) is 13.8. The average Bonchev–Trinajstić information content (AvgIpc) is 3.04. The maximum absolute atomic E-state index is 12.4. The van der Waals surface area contributed by atoms with Gasteiger partial charge in [-0.15, -0.1) is 0 Å². The molecule has 130 valence electrons. The zero-order valence-corrected chi connectivity index (χ0v) is 16.2. The Balaban J connectivity index is 1.96. The minimum Gasteiger partial charge on any atom is -0.463 e. The molecule has 1 aromatic heterocycles. The average molecular weight is 421 g/mol. The molecular weight excluding hydrogens is 404 g/mol. The summed E-state index contributed by atoms with van der Waals surface area (Å²) in [6.07, 6.45) is 0. The molecule has 0 bridgehead atoms. The maximum atomic E-state index is 12.4. The minimum absolute atomic E-state index is 0.301. The molecule has 0 radical (unpaired) electrons. The Morgan fingerprint density at radius 2 is 2.00 bits per heavy atom. The summed E-state index contributed by atoms with van der Waals surface area (Å²) >= 11 is 8.64. The first-order valence-electron chi connectivity index (χ1n) is 7.80. The molecule has 0 saturated heterocycles. The van der Waals surface area contributed by atoms with Crippen molar-refractivity contribution in [1.29, 1.82) is 0 Å². The predicted molar refractivity (Wildman–Crippen MR) is 103 cm³/mol. The van der Waals surface area contributed by atoms with Gasteiger partial charge in [0.2, 0.25) is 0 Å². The van der Waals surface area contributed by atoms with Gasteiger partial charge in [0.25, 0.3) is 0 Å². The predicted octanol–water partition coefficient (Wildman–Crippen LogP) is 4.07. The second-order valence-corrected chi connectivity index (χ2v) is 6.82. The third-order valence-electron chi connectivity index (χ3n) is 3.80. The quantitative estimate of drug-likeness (QED) is 0.574. The van der Waals surface area contributed by atoms with Gasteiger partial charge in [-0.05, 0) is 50.3 Å². The molecule has 0 aliphatic carbocycles. The SMILES string of the molecule is CCOC(=O)C1=C(C)NC(=S)N[C@@H]1c1ccc(-c2ccc(Br)cc2)o1. The Hall–Kier alpha value is -2.12. The lowest BCUT2D eigenvalue weighted by atomic mass is 10.0. The summed E-state index contributed by atoms with van der Waals surface area (Å²) < 4.78 is 12.2. The molecule has 5 nitrogen and oxygen atoms in total. The van der Waals surface area contributed by atoms with Crippen LogP contribution in [0.2, 0.25) is 0 Å². The van der Waals surface area contributed by atoms with E-state index in [1.165, 1.54) is 0 Å². The van der Waals surface area contributed by atoms with Crippen LogP contribution < -0.4 is 10.6 Å². The van der Waals surface area contributed by atoms with E-state index >= 15 is 0 Å². The highest BCUT2D eigenvalue weighted by Gasteiger charge is 2.33. The van der Waals surface area contributed by atoms with Crippen LogP contribution in [-0.4, -0.2) is 17.7 Å². The number of nitrogens with one attached hydrogen (secondary N) is 2. The summed E-state index contributed by atoms with van der Waals surface area (Å²) in [5, 5.41) is 6.49. The summed E-state index contributed by atoms with van der Waals surface area (Å²) in [7, 11) is 0. The summed E-state index contributed by atoms with van der Waals surface area (Å²) in [4.78, 5) is 12.4. The first kappa shape index (κ1) is 17.7. The second kappa shape index (κ2) is 7.41. The van der Waals surface area contributed by atoms with Crippen molar-refractivity contribution in [3.05, 3.63) is 57.9 Å². The Morgan fingerprint density at radius 3 is 2.68 bits per heavy atom. The van der Waals surface area contributed by atoms with E-state index in [-0.39, 0.29) is 0 Å². The number of benzene rings is 1. The molecule has 0 fully saturated rings. The Labute approximate surface area is 159 Å². The topological polar surface area (TPSA) is 63.5 Å². The number of allylic oxidation sites excluding steroid dienone is 1. The first-order chi connectivity index (χ1) is 12.0. The van der Waals surface area contributed by atoms with Gasteiger partial charge in [0.1, 0.15) is 17.6 Å². The molecule has 25 heavy (non-hydrogen) atoms. The van der Waals surface area contributed by atoms with Crippen molar-refractivity contribution in [2.45, 2.75) is 19.9 Å². The molecule has 1 aliphatic rings. The van der Waals surface area contributed by atoms with E-state index in [2.05, 4.69) is 26.6 Å². The van der Waals surface area contributed by atoms with Crippen LogP contribution in [0.4, 0.5) is 0 Å². The highest BCUT2D eigenvalue weighted by molar-refractivity contribution is 9.10. The lowest BCUT2D eigenvalue weighted by molar-refractivity contribution is -0.139. The molecule has 2 heterocycles. The van der Waals surface area contributed by atoms with Gasteiger partial charge in [0.15, 0.2) is 5.11 Å². The van der Waals surface area contributed by atoms with Crippen molar-refractivity contribution in [3.63, 3.8) is 0 Å². The number of ether oxygens (including phenoxy) is 1. The number of hydrogen-bond donors (Lipinski definition) is 2. The second-order valence-electron chi connectivity index (χ2n) is 5.50. The van der Waals surface area contributed by atoms with Gasteiger partial charge >= 0.3 is 5.97 Å². The lowest BCUT2D eigenvalue weighted by Crippen LogP contribution is -2.45. The number of rotatable bonds is 4. The molecule has 0 amide bonds. The maximum Gasteiger partial charge on any atom is 0.338 e. The van der Waals surface area contributed by atoms with Crippen LogP contribution >= 0.6 is 28.1 Å². The molecule has 3 rings (SSSR count). The number of halogens is 1. The number of hydrogen-bond acceptors (Lipinski definition) is 4. The molecule has 1 aliphatic heterocycles.